The Bertz CT molecular complexity index is 389. The summed E-state index contributed by atoms with van der Waals surface area (Å²) in [6.07, 6.45) is 1.79. The summed E-state index contributed by atoms with van der Waals surface area (Å²) in [4.78, 5) is 11.4. The van der Waals surface area contributed by atoms with Crippen molar-refractivity contribution in [3.63, 3.8) is 0 Å². The Kier molecular flexibility index (Phi) is 5.31. The van der Waals surface area contributed by atoms with E-state index in [-0.39, 0.29) is 13.2 Å². The summed E-state index contributed by atoms with van der Waals surface area (Å²) in [5, 5.41) is 18.4. The molecular formula is C14H21NO3. The van der Waals surface area contributed by atoms with Gasteiger partial charge >= 0.3 is 5.97 Å². The minimum atomic E-state index is -0.879. The molecule has 0 aliphatic rings. The Morgan fingerprint density at radius 1 is 1.28 bits per heavy atom. The first-order chi connectivity index (χ1) is 8.57. The van der Waals surface area contributed by atoms with Crippen LogP contribution in [0, 0.1) is 5.41 Å². The fourth-order valence-corrected chi connectivity index (χ4v) is 2.16. The lowest BCUT2D eigenvalue weighted by atomic mass is 9.78. The quantitative estimate of drug-likeness (QED) is 0.686. The molecule has 0 fully saturated rings. The smallest absolute Gasteiger partial charge is 0.311 e. The number of hydrogen-bond donors (Lipinski definition) is 3. The highest BCUT2D eigenvalue weighted by Crippen LogP contribution is 2.28. The molecule has 1 atom stereocenters. The van der Waals surface area contributed by atoms with Crippen LogP contribution in [-0.4, -0.2) is 22.7 Å². The van der Waals surface area contributed by atoms with Gasteiger partial charge in [-0.2, -0.15) is 0 Å². The summed E-state index contributed by atoms with van der Waals surface area (Å²) < 4.78 is 0. The predicted molar refractivity (Wildman–Crippen MR) is 70.1 cm³/mol. The predicted octanol–water partition coefficient (Wildman–Crippen LogP) is 1.55. The number of carboxylic acids is 1. The van der Waals surface area contributed by atoms with Crippen molar-refractivity contribution >= 4 is 5.97 Å². The van der Waals surface area contributed by atoms with Crippen LogP contribution in [0.25, 0.3) is 0 Å². The Labute approximate surface area is 107 Å². The van der Waals surface area contributed by atoms with Crippen LogP contribution in [0.4, 0.5) is 0 Å². The Balaban J connectivity index is 2.91. The van der Waals surface area contributed by atoms with E-state index in [0.717, 1.165) is 17.5 Å². The fourth-order valence-electron chi connectivity index (χ4n) is 2.16. The minimum absolute atomic E-state index is 0.00377. The highest BCUT2D eigenvalue weighted by atomic mass is 16.4. The number of benzene rings is 1. The molecule has 0 radical (unpaired) electrons. The maximum Gasteiger partial charge on any atom is 0.311 e. The van der Waals surface area contributed by atoms with Crippen LogP contribution in [0.1, 0.15) is 30.9 Å². The maximum absolute atomic E-state index is 11.4. The van der Waals surface area contributed by atoms with Gasteiger partial charge in [-0.25, -0.2) is 0 Å². The molecule has 1 aromatic carbocycles. The Hall–Kier alpha value is -1.39. The van der Waals surface area contributed by atoms with Crippen molar-refractivity contribution in [1.29, 1.82) is 0 Å². The lowest BCUT2D eigenvalue weighted by Crippen LogP contribution is -2.40. The lowest BCUT2D eigenvalue weighted by Gasteiger charge is -2.27. The third-order valence-corrected chi connectivity index (χ3v) is 3.32. The standard InChI is InChI=1S/C14H21NO3/c1-2-7-14(10-15,13(17)18)8-11-3-5-12(9-16)6-4-11/h3-6,16H,2,7-10,15H2,1H3,(H,17,18). The Morgan fingerprint density at radius 3 is 2.22 bits per heavy atom. The topological polar surface area (TPSA) is 83.5 Å². The molecule has 0 bridgehead atoms. The molecule has 0 aliphatic heterocycles. The van der Waals surface area contributed by atoms with Crippen molar-refractivity contribution < 1.29 is 15.0 Å². The number of carbonyl (C=O) groups is 1. The second-order valence-electron chi connectivity index (χ2n) is 4.69. The monoisotopic (exact) mass is 251 g/mol. The van der Waals surface area contributed by atoms with Crippen molar-refractivity contribution in [2.45, 2.75) is 32.8 Å². The van der Waals surface area contributed by atoms with Crippen LogP contribution >= 0.6 is 0 Å². The van der Waals surface area contributed by atoms with Crippen molar-refractivity contribution in [1.82, 2.24) is 0 Å². The zero-order valence-electron chi connectivity index (χ0n) is 10.7. The van der Waals surface area contributed by atoms with Gasteiger partial charge in [-0.15, -0.1) is 0 Å². The molecule has 4 heteroatoms. The zero-order chi connectivity index (χ0) is 13.6. The molecule has 18 heavy (non-hydrogen) atoms. The number of aliphatic carboxylic acids is 1. The summed E-state index contributed by atoms with van der Waals surface area (Å²) in [6.45, 7) is 2.09. The van der Waals surface area contributed by atoms with E-state index < -0.39 is 11.4 Å². The molecule has 4 nitrogen and oxygen atoms in total. The van der Waals surface area contributed by atoms with Crippen LogP contribution in [0.5, 0.6) is 0 Å². The molecule has 100 valence electrons. The van der Waals surface area contributed by atoms with E-state index in [0.29, 0.717) is 12.8 Å². The largest absolute Gasteiger partial charge is 0.481 e. The van der Waals surface area contributed by atoms with Crippen LogP contribution in [-0.2, 0) is 17.8 Å². The third-order valence-electron chi connectivity index (χ3n) is 3.32. The van der Waals surface area contributed by atoms with Crippen molar-refractivity contribution in [3.8, 4) is 0 Å². The van der Waals surface area contributed by atoms with Gasteiger partial charge in [0.15, 0.2) is 0 Å². The highest BCUT2D eigenvalue weighted by Gasteiger charge is 2.36. The number of carboxylic acid groups (broad SMARTS) is 1. The molecule has 0 spiro atoms. The SMILES string of the molecule is CCCC(CN)(Cc1ccc(CO)cc1)C(=O)O. The van der Waals surface area contributed by atoms with Gasteiger partial charge < -0.3 is 15.9 Å². The second kappa shape index (κ2) is 6.52. The summed E-state index contributed by atoms with van der Waals surface area (Å²) in [5.41, 5.74) is 6.56. The average Bonchev–Trinajstić information content (AvgIpc) is 2.38. The molecule has 1 unspecified atom stereocenters. The number of rotatable bonds is 7. The molecule has 0 saturated heterocycles. The first-order valence-corrected chi connectivity index (χ1v) is 6.20. The van der Waals surface area contributed by atoms with Gasteiger partial charge in [0.2, 0.25) is 0 Å². The maximum atomic E-state index is 11.4. The fraction of sp³-hybridized carbons (Fsp3) is 0.500. The van der Waals surface area contributed by atoms with Crippen LogP contribution in [0.2, 0.25) is 0 Å². The highest BCUT2D eigenvalue weighted by molar-refractivity contribution is 5.75. The van der Waals surface area contributed by atoms with Crippen molar-refractivity contribution in [2.75, 3.05) is 6.54 Å². The summed E-state index contributed by atoms with van der Waals surface area (Å²) in [6, 6.07) is 7.33. The number of aliphatic hydroxyl groups is 1. The van der Waals surface area contributed by atoms with E-state index in [1.165, 1.54) is 0 Å². The molecule has 0 saturated carbocycles. The number of nitrogens with two attached hydrogens (primary N) is 1. The summed E-state index contributed by atoms with van der Waals surface area (Å²) in [5.74, 6) is -0.835. The first kappa shape index (κ1) is 14.7. The normalized spacial score (nSPS) is 14.2. The van der Waals surface area contributed by atoms with Crippen molar-refractivity contribution in [3.05, 3.63) is 35.4 Å². The number of aliphatic hydroxyl groups excluding tert-OH is 1. The molecular weight excluding hydrogens is 230 g/mol. The number of hydrogen-bond acceptors (Lipinski definition) is 3. The van der Waals surface area contributed by atoms with E-state index in [1.54, 1.807) is 0 Å². The summed E-state index contributed by atoms with van der Waals surface area (Å²) in [7, 11) is 0. The Morgan fingerprint density at radius 2 is 1.83 bits per heavy atom. The molecule has 0 aromatic heterocycles. The first-order valence-electron chi connectivity index (χ1n) is 6.20. The molecule has 1 rings (SSSR count). The van der Waals surface area contributed by atoms with E-state index in [4.69, 9.17) is 10.8 Å². The molecule has 1 aromatic rings. The van der Waals surface area contributed by atoms with Gasteiger partial charge in [0.25, 0.3) is 0 Å². The van der Waals surface area contributed by atoms with E-state index >= 15 is 0 Å². The molecule has 4 N–H and O–H groups in total. The summed E-state index contributed by atoms with van der Waals surface area (Å²) >= 11 is 0. The second-order valence-corrected chi connectivity index (χ2v) is 4.69. The van der Waals surface area contributed by atoms with Gasteiger partial charge in [0.05, 0.1) is 12.0 Å². The minimum Gasteiger partial charge on any atom is -0.481 e. The molecule has 0 heterocycles. The molecule has 0 amide bonds. The lowest BCUT2D eigenvalue weighted by molar-refractivity contribution is -0.148. The van der Waals surface area contributed by atoms with Gasteiger partial charge in [-0.1, -0.05) is 37.6 Å². The van der Waals surface area contributed by atoms with Gasteiger partial charge in [-0.3, -0.25) is 4.79 Å². The average molecular weight is 251 g/mol. The van der Waals surface area contributed by atoms with E-state index in [1.807, 2.05) is 31.2 Å². The van der Waals surface area contributed by atoms with Gasteiger partial charge in [0, 0.05) is 6.54 Å². The van der Waals surface area contributed by atoms with Crippen LogP contribution in [0.3, 0.4) is 0 Å². The van der Waals surface area contributed by atoms with Gasteiger partial charge in [0.1, 0.15) is 0 Å². The van der Waals surface area contributed by atoms with Crippen LogP contribution in [0.15, 0.2) is 24.3 Å². The molecule has 0 aliphatic carbocycles. The van der Waals surface area contributed by atoms with Gasteiger partial charge in [-0.05, 0) is 24.0 Å². The van der Waals surface area contributed by atoms with Crippen LogP contribution < -0.4 is 5.73 Å². The zero-order valence-corrected chi connectivity index (χ0v) is 10.7. The van der Waals surface area contributed by atoms with E-state index in [2.05, 4.69) is 0 Å². The van der Waals surface area contributed by atoms with E-state index in [9.17, 15) is 9.90 Å². The van der Waals surface area contributed by atoms with Crippen molar-refractivity contribution in [2.24, 2.45) is 11.1 Å². The third kappa shape index (κ3) is 3.31.